The third-order valence-electron chi connectivity index (χ3n) is 1.60. The lowest BCUT2D eigenvalue weighted by Gasteiger charge is -2.12. The molecule has 3 nitrogen and oxygen atoms in total. The zero-order valence-electron chi connectivity index (χ0n) is 8.90. The molecule has 0 bridgehead atoms. The van der Waals surface area contributed by atoms with Gasteiger partial charge in [-0.2, -0.15) is 4.40 Å². The summed E-state index contributed by atoms with van der Waals surface area (Å²) in [5.74, 6) is 0. The van der Waals surface area contributed by atoms with Crippen molar-refractivity contribution in [2.45, 2.75) is 25.5 Å². The fraction of sp³-hybridized carbons (Fsp3) is 0.400. The lowest BCUT2D eigenvalue weighted by atomic mass is 10.3. The van der Waals surface area contributed by atoms with E-state index in [-0.39, 0.29) is 4.75 Å². The number of pyridine rings is 1. The monoisotopic (exact) mass is 288 g/mol. The van der Waals surface area contributed by atoms with Gasteiger partial charge in [0.25, 0.3) is 0 Å². The molecular weight excluding hydrogens is 276 g/mol. The van der Waals surface area contributed by atoms with Crippen LogP contribution in [-0.4, -0.2) is 20.2 Å². The van der Waals surface area contributed by atoms with Crippen LogP contribution in [0.25, 0.3) is 0 Å². The fourth-order valence-corrected chi connectivity index (χ4v) is 1.64. The third-order valence-corrected chi connectivity index (χ3v) is 3.61. The van der Waals surface area contributed by atoms with E-state index >= 15 is 0 Å². The highest BCUT2D eigenvalue weighted by atomic mass is 79.9. The number of halogens is 1. The summed E-state index contributed by atoms with van der Waals surface area (Å²) in [6, 6.07) is 3.67. The Hall–Kier alpha value is -0.550. The molecule has 1 atom stereocenters. The van der Waals surface area contributed by atoms with Crippen molar-refractivity contribution in [1.82, 2.24) is 4.98 Å². The minimum Gasteiger partial charge on any atom is -0.249 e. The Morgan fingerprint density at radius 3 is 2.73 bits per heavy atom. The molecule has 0 aliphatic carbocycles. The summed E-state index contributed by atoms with van der Waals surface area (Å²) in [6.45, 7) is 5.66. The van der Waals surface area contributed by atoms with E-state index in [2.05, 4.69) is 25.3 Å². The second-order valence-electron chi connectivity index (χ2n) is 3.98. The molecule has 0 spiro atoms. The predicted octanol–water partition coefficient (Wildman–Crippen LogP) is 2.73. The second-order valence-corrected chi connectivity index (χ2v) is 6.66. The molecule has 0 aromatic carbocycles. The Morgan fingerprint density at radius 2 is 2.20 bits per heavy atom. The van der Waals surface area contributed by atoms with Gasteiger partial charge in [-0.3, -0.25) is 0 Å². The van der Waals surface area contributed by atoms with Crippen LogP contribution in [0.3, 0.4) is 0 Å². The summed E-state index contributed by atoms with van der Waals surface area (Å²) < 4.78 is 16.0. The normalized spacial score (nSPS) is 14.4. The standard InChI is InChI=1S/C10H13BrN2OS/c1-10(2,3)15(14)13-7-8-5-4-6-12-9(8)11/h4-7H,1-3H3/b13-7+/t15-/m1/s1. The molecule has 1 aromatic heterocycles. The van der Waals surface area contributed by atoms with E-state index in [1.165, 1.54) is 0 Å². The van der Waals surface area contributed by atoms with Gasteiger partial charge in [0, 0.05) is 18.0 Å². The molecule has 0 N–H and O–H groups in total. The average molecular weight is 289 g/mol. The number of aromatic nitrogens is 1. The van der Waals surface area contributed by atoms with Crippen molar-refractivity contribution in [3.05, 3.63) is 28.5 Å². The number of nitrogens with zero attached hydrogens (tertiary/aromatic N) is 2. The SMILES string of the molecule is CC(C)(C)[S@@](=O)/N=C/c1cccnc1Br. The molecule has 0 saturated carbocycles. The van der Waals surface area contributed by atoms with Gasteiger partial charge in [0.1, 0.15) is 15.6 Å². The molecule has 0 unspecified atom stereocenters. The van der Waals surface area contributed by atoms with Crippen molar-refractivity contribution < 1.29 is 4.21 Å². The van der Waals surface area contributed by atoms with Crippen molar-refractivity contribution in [2.75, 3.05) is 0 Å². The first kappa shape index (κ1) is 12.5. The van der Waals surface area contributed by atoms with Crippen molar-refractivity contribution in [1.29, 1.82) is 0 Å². The van der Waals surface area contributed by atoms with Crippen LogP contribution >= 0.6 is 15.9 Å². The minimum atomic E-state index is -1.23. The molecule has 1 aromatic rings. The summed E-state index contributed by atoms with van der Waals surface area (Å²) in [5, 5.41) is 0. The molecule has 15 heavy (non-hydrogen) atoms. The molecule has 82 valence electrons. The first-order chi connectivity index (χ1) is 6.91. The van der Waals surface area contributed by atoms with E-state index < -0.39 is 11.0 Å². The summed E-state index contributed by atoms with van der Waals surface area (Å²) >= 11 is 3.30. The molecule has 0 fully saturated rings. The van der Waals surface area contributed by atoms with Gasteiger partial charge >= 0.3 is 0 Å². The van der Waals surface area contributed by atoms with Crippen molar-refractivity contribution in [3.63, 3.8) is 0 Å². The van der Waals surface area contributed by atoms with Crippen LogP contribution in [0.1, 0.15) is 26.3 Å². The Kier molecular flexibility index (Phi) is 4.16. The third kappa shape index (κ3) is 3.83. The zero-order chi connectivity index (χ0) is 11.5. The van der Waals surface area contributed by atoms with Crippen LogP contribution in [0.2, 0.25) is 0 Å². The van der Waals surface area contributed by atoms with E-state index in [4.69, 9.17) is 0 Å². The summed E-state index contributed by atoms with van der Waals surface area (Å²) in [6.07, 6.45) is 3.26. The van der Waals surface area contributed by atoms with Gasteiger partial charge in [-0.25, -0.2) is 9.19 Å². The van der Waals surface area contributed by atoms with Gasteiger partial charge < -0.3 is 0 Å². The highest BCUT2D eigenvalue weighted by molar-refractivity contribution is 9.10. The summed E-state index contributed by atoms with van der Waals surface area (Å²) in [5.41, 5.74) is 0.829. The zero-order valence-corrected chi connectivity index (χ0v) is 11.3. The van der Waals surface area contributed by atoms with E-state index in [9.17, 15) is 4.21 Å². The van der Waals surface area contributed by atoms with Crippen LogP contribution in [0.4, 0.5) is 0 Å². The van der Waals surface area contributed by atoms with Crippen LogP contribution in [0.15, 0.2) is 27.3 Å². The molecule has 1 rings (SSSR count). The van der Waals surface area contributed by atoms with Gasteiger partial charge in [0.15, 0.2) is 0 Å². The Balaban J connectivity index is 2.84. The number of hydrogen-bond acceptors (Lipinski definition) is 2. The van der Waals surface area contributed by atoms with Crippen LogP contribution in [-0.2, 0) is 11.0 Å². The van der Waals surface area contributed by atoms with Gasteiger partial charge in [-0.1, -0.05) is 0 Å². The van der Waals surface area contributed by atoms with E-state index in [0.29, 0.717) is 4.60 Å². The highest BCUT2D eigenvalue weighted by Gasteiger charge is 2.18. The first-order valence-corrected chi connectivity index (χ1v) is 6.38. The Bertz CT molecular complexity index is 399. The topological polar surface area (TPSA) is 42.3 Å². The van der Waals surface area contributed by atoms with Gasteiger partial charge in [0.2, 0.25) is 0 Å². The predicted molar refractivity (Wildman–Crippen MR) is 67.4 cm³/mol. The van der Waals surface area contributed by atoms with Gasteiger partial charge in [0.05, 0.1) is 4.75 Å². The van der Waals surface area contributed by atoms with E-state index in [1.807, 2.05) is 32.9 Å². The molecular formula is C10H13BrN2OS. The molecule has 0 aliphatic heterocycles. The van der Waals surface area contributed by atoms with Gasteiger partial charge in [-0.05, 0) is 48.8 Å². The van der Waals surface area contributed by atoms with Crippen LogP contribution in [0, 0.1) is 0 Å². The number of rotatable bonds is 2. The quantitative estimate of drug-likeness (QED) is 0.620. The smallest absolute Gasteiger partial charge is 0.144 e. The lowest BCUT2D eigenvalue weighted by Crippen LogP contribution is -2.19. The number of hydrogen-bond donors (Lipinski definition) is 0. The van der Waals surface area contributed by atoms with Crippen molar-refractivity contribution >= 4 is 33.1 Å². The van der Waals surface area contributed by atoms with E-state index in [1.54, 1.807) is 12.4 Å². The largest absolute Gasteiger partial charge is 0.249 e. The molecule has 5 heteroatoms. The Labute approximate surface area is 101 Å². The average Bonchev–Trinajstić information content (AvgIpc) is 2.14. The van der Waals surface area contributed by atoms with Crippen LogP contribution in [0.5, 0.6) is 0 Å². The second kappa shape index (κ2) is 4.99. The van der Waals surface area contributed by atoms with Crippen molar-refractivity contribution in [2.24, 2.45) is 4.40 Å². The van der Waals surface area contributed by atoms with Crippen molar-refractivity contribution in [3.8, 4) is 0 Å². The molecule has 1 heterocycles. The minimum absolute atomic E-state index is 0.328. The molecule has 0 aliphatic rings. The summed E-state index contributed by atoms with van der Waals surface area (Å²) in [4.78, 5) is 4.05. The maximum atomic E-state index is 11.6. The summed E-state index contributed by atoms with van der Waals surface area (Å²) in [7, 11) is -1.23. The maximum absolute atomic E-state index is 11.6. The lowest BCUT2D eigenvalue weighted by molar-refractivity contribution is 0.651. The highest BCUT2D eigenvalue weighted by Crippen LogP contribution is 2.14. The van der Waals surface area contributed by atoms with Gasteiger partial charge in [-0.15, -0.1) is 0 Å². The maximum Gasteiger partial charge on any atom is 0.144 e. The fourth-order valence-electron chi connectivity index (χ4n) is 0.758. The molecule has 0 amide bonds. The Morgan fingerprint density at radius 1 is 1.53 bits per heavy atom. The van der Waals surface area contributed by atoms with E-state index in [0.717, 1.165) is 5.56 Å². The molecule has 0 saturated heterocycles. The molecule has 0 radical (unpaired) electrons. The first-order valence-electron chi connectivity index (χ1n) is 4.48. The van der Waals surface area contributed by atoms with Crippen LogP contribution < -0.4 is 0 Å².